The van der Waals surface area contributed by atoms with E-state index in [1.165, 1.54) is 0 Å². The Morgan fingerprint density at radius 3 is 2.93 bits per heavy atom. The molecule has 0 aliphatic carbocycles. The van der Waals surface area contributed by atoms with Crippen molar-refractivity contribution in [3.05, 3.63) is 11.7 Å². The van der Waals surface area contributed by atoms with E-state index >= 15 is 0 Å². The predicted molar refractivity (Wildman–Crippen MR) is 58.3 cm³/mol. The summed E-state index contributed by atoms with van der Waals surface area (Å²) in [4.78, 5) is 6.38. The van der Waals surface area contributed by atoms with Gasteiger partial charge in [-0.2, -0.15) is 4.98 Å². The van der Waals surface area contributed by atoms with Gasteiger partial charge in [-0.15, -0.1) is 0 Å². The molecule has 0 aromatic carbocycles. The van der Waals surface area contributed by atoms with E-state index in [0.29, 0.717) is 19.0 Å². The highest BCUT2D eigenvalue weighted by Crippen LogP contribution is 2.03. The SMILES string of the molecule is CCCCc1noc(CN(C)CCN)n1. The summed E-state index contributed by atoms with van der Waals surface area (Å²) in [6.45, 7) is 4.31. The molecule has 0 atom stereocenters. The van der Waals surface area contributed by atoms with Gasteiger partial charge in [-0.05, 0) is 13.5 Å². The fraction of sp³-hybridized carbons (Fsp3) is 0.800. The second kappa shape index (κ2) is 6.53. The monoisotopic (exact) mass is 212 g/mol. The average Bonchev–Trinajstić information content (AvgIpc) is 2.63. The molecule has 0 unspecified atom stereocenters. The zero-order valence-electron chi connectivity index (χ0n) is 9.57. The first-order valence-corrected chi connectivity index (χ1v) is 5.46. The molecule has 2 N–H and O–H groups in total. The summed E-state index contributed by atoms with van der Waals surface area (Å²) in [6.07, 6.45) is 3.16. The predicted octanol–water partition coefficient (Wildman–Crippen LogP) is 0.803. The van der Waals surface area contributed by atoms with Crippen LogP contribution in [0.3, 0.4) is 0 Å². The molecule has 0 saturated heterocycles. The second-order valence-electron chi connectivity index (χ2n) is 3.73. The van der Waals surface area contributed by atoms with Gasteiger partial charge >= 0.3 is 0 Å². The number of nitrogens with two attached hydrogens (primary N) is 1. The van der Waals surface area contributed by atoms with Gasteiger partial charge in [0.1, 0.15) is 0 Å². The summed E-state index contributed by atoms with van der Waals surface area (Å²) in [7, 11) is 1.99. The molecule has 5 nitrogen and oxygen atoms in total. The van der Waals surface area contributed by atoms with E-state index in [0.717, 1.165) is 31.6 Å². The molecule has 0 aliphatic heterocycles. The molecule has 0 saturated carbocycles. The standard InChI is InChI=1S/C10H20N4O/c1-3-4-5-9-12-10(15-13-9)8-14(2)7-6-11/h3-8,11H2,1-2H3. The number of likely N-dealkylation sites (N-methyl/N-ethyl adjacent to an activating group) is 1. The van der Waals surface area contributed by atoms with Crippen molar-refractivity contribution >= 4 is 0 Å². The zero-order valence-corrected chi connectivity index (χ0v) is 9.57. The molecule has 5 heteroatoms. The van der Waals surface area contributed by atoms with Gasteiger partial charge in [0.05, 0.1) is 6.54 Å². The van der Waals surface area contributed by atoms with Gasteiger partial charge in [0, 0.05) is 19.5 Å². The first-order valence-electron chi connectivity index (χ1n) is 5.46. The maximum atomic E-state index is 5.45. The molecular formula is C10H20N4O. The Balaban J connectivity index is 2.38. The van der Waals surface area contributed by atoms with Crippen molar-refractivity contribution in [1.82, 2.24) is 15.0 Å². The Morgan fingerprint density at radius 1 is 1.47 bits per heavy atom. The lowest BCUT2D eigenvalue weighted by molar-refractivity contribution is 0.271. The first-order chi connectivity index (χ1) is 7.26. The van der Waals surface area contributed by atoms with Crippen molar-refractivity contribution in [1.29, 1.82) is 0 Å². The molecule has 0 bridgehead atoms. The van der Waals surface area contributed by atoms with Crippen molar-refractivity contribution in [3.63, 3.8) is 0 Å². The molecule has 0 radical (unpaired) electrons. The first kappa shape index (κ1) is 12.1. The fourth-order valence-corrected chi connectivity index (χ4v) is 1.32. The lowest BCUT2D eigenvalue weighted by atomic mass is 10.2. The van der Waals surface area contributed by atoms with Gasteiger partial charge in [0.25, 0.3) is 0 Å². The molecule has 1 aromatic heterocycles. The topological polar surface area (TPSA) is 68.2 Å². The Kier molecular flexibility index (Phi) is 5.28. The minimum Gasteiger partial charge on any atom is -0.338 e. The van der Waals surface area contributed by atoms with Crippen molar-refractivity contribution in [2.45, 2.75) is 32.7 Å². The molecular weight excluding hydrogens is 192 g/mol. The van der Waals surface area contributed by atoms with Gasteiger partial charge in [-0.25, -0.2) is 0 Å². The van der Waals surface area contributed by atoms with Crippen LogP contribution >= 0.6 is 0 Å². The number of aryl methyl sites for hydroxylation is 1. The number of hydrogen-bond acceptors (Lipinski definition) is 5. The summed E-state index contributed by atoms with van der Waals surface area (Å²) in [5, 5.41) is 3.92. The summed E-state index contributed by atoms with van der Waals surface area (Å²) < 4.78 is 5.14. The van der Waals surface area contributed by atoms with Crippen molar-refractivity contribution in [2.75, 3.05) is 20.1 Å². The Labute approximate surface area is 90.6 Å². The second-order valence-corrected chi connectivity index (χ2v) is 3.73. The van der Waals surface area contributed by atoms with Crippen LogP contribution in [0.5, 0.6) is 0 Å². The number of rotatable bonds is 7. The Morgan fingerprint density at radius 2 is 2.27 bits per heavy atom. The van der Waals surface area contributed by atoms with Gasteiger partial charge in [0.2, 0.25) is 5.89 Å². The molecule has 0 amide bonds. The zero-order chi connectivity index (χ0) is 11.1. The number of aromatic nitrogens is 2. The number of hydrogen-bond donors (Lipinski definition) is 1. The van der Waals surface area contributed by atoms with Crippen LogP contribution in [0, 0.1) is 0 Å². The summed E-state index contributed by atoms with van der Waals surface area (Å²) in [6, 6.07) is 0. The van der Waals surface area contributed by atoms with E-state index in [9.17, 15) is 0 Å². The Hall–Kier alpha value is -0.940. The molecule has 0 fully saturated rings. The van der Waals surface area contributed by atoms with Crippen LogP contribution in [0.4, 0.5) is 0 Å². The van der Waals surface area contributed by atoms with E-state index in [4.69, 9.17) is 10.3 Å². The molecule has 0 aliphatic rings. The fourth-order valence-electron chi connectivity index (χ4n) is 1.32. The third-order valence-corrected chi connectivity index (χ3v) is 2.18. The molecule has 1 heterocycles. The van der Waals surface area contributed by atoms with Crippen LogP contribution in [-0.2, 0) is 13.0 Å². The largest absolute Gasteiger partial charge is 0.338 e. The maximum absolute atomic E-state index is 5.45. The quantitative estimate of drug-likeness (QED) is 0.724. The van der Waals surface area contributed by atoms with Crippen LogP contribution in [-0.4, -0.2) is 35.2 Å². The highest BCUT2D eigenvalue weighted by molar-refractivity contribution is 4.86. The van der Waals surface area contributed by atoms with E-state index in [1.54, 1.807) is 0 Å². The third-order valence-electron chi connectivity index (χ3n) is 2.18. The highest BCUT2D eigenvalue weighted by atomic mass is 16.5. The maximum Gasteiger partial charge on any atom is 0.240 e. The van der Waals surface area contributed by atoms with E-state index < -0.39 is 0 Å². The smallest absolute Gasteiger partial charge is 0.240 e. The van der Waals surface area contributed by atoms with Gasteiger partial charge in [-0.3, -0.25) is 4.90 Å². The van der Waals surface area contributed by atoms with Crippen molar-refractivity contribution in [2.24, 2.45) is 5.73 Å². The molecule has 0 spiro atoms. The Bertz CT molecular complexity index is 274. The van der Waals surface area contributed by atoms with Crippen LogP contribution in [0.25, 0.3) is 0 Å². The van der Waals surface area contributed by atoms with Crippen LogP contribution in [0.2, 0.25) is 0 Å². The summed E-state index contributed by atoms with van der Waals surface area (Å²) in [5.41, 5.74) is 5.45. The lowest BCUT2D eigenvalue weighted by Gasteiger charge is -2.11. The van der Waals surface area contributed by atoms with Crippen molar-refractivity contribution < 1.29 is 4.52 Å². The van der Waals surface area contributed by atoms with Gasteiger partial charge < -0.3 is 10.3 Å². The van der Waals surface area contributed by atoms with E-state index in [2.05, 4.69) is 22.0 Å². The number of unbranched alkanes of at least 4 members (excludes halogenated alkanes) is 1. The van der Waals surface area contributed by atoms with Crippen LogP contribution < -0.4 is 5.73 Å². The summed E-state index contributed by atoms with van der Waals surface area (Å²) in [5.74, 6) is 1.49. The van der Waals surface area contributed by atoms with E-state index in [1.807, 2.05) is 7.05 Å². The normalized spacial score (nSPS) is 11.2. The van der Waals surface area contributed by atoms with Crippen molar-refractivity contribution in [3.8, 4) is 0 Å². The molecule has 1 aromatic rings. The number of nitrogens with zero attached hydrogens (tertiary/aromatic N) is 3. The van der Waals surface area contributed by atoms with E-state index in [-0.39, 0.29) is 0 Å². The molecule has 86 valence electrons. The van der Waals surface area contributed by atoms with Crippen LogP contribution in [0.1, 0.15) is 31.5 Å². The average molecular weight is 212 g/mol. The highest BCUT2D eigenvalue weighted by Gasteiger charge is 2.07. The minimum absolute atomic E-state index is 0.646. The molecule has 15 heavy (non-hydrogen) atoms. The van der Waals surface area contributed by atoms with Gasteiger partial charge in [0.15, 0.2) is 5.82 Å². The molecule has 1 rings (SSSR count). The minimum atomic E-state index is 0.646. The third kappa shape index (κ3) is 4.40. The lowest BCUT2D eigenvalue weighted by Crippen LogP contribution is -2.25. The van der Waals surface area contributed by atoms with Gasteiger partial charge in [-0.1, -0.05) is 18.5 Å². The summed E-state index contributed by atoms with van der Waals surface area (Å²) >= 11 is 0. The van der Waals surface area contributed by atoms with Crippen LogP contribution in [0.15, 0.2) is 4.52 Å².